The fraction of sp³-hybridized carbons (Fsp3) is 0.750. The first-order valence-corrected chi connectivity index (χ1v) is 7.85. The van der Waals surface area contributed by atoms with Gasteiger partial charge < -0.3 is 4.74 Å². The maximum Gasteiger partial charge on any atom is 0.330 e. The monoisotopic (exact) mass is 258 g/mol. The van der Waals surface area contributed by atoms with Gasteiger partial charge in [0.15, 0.2) is 0 Å². The molecule has 0 aromatic rings. The van der Waals surface area contributed by atoms with Gasteiger partial charge in [-0.3, -0.25) is 0 Å². The van der Waals surface area contributed by atoms with Crippen molar-refractivity contribution in [2.24, 2.45) is 0 Å². The lowest BCUT2D eigenvalue weighted by Gasteiger charge is -2.32. The minimum atomic E-state index is -0.167. The molecule has 1 aliphatic heterocycles. The Labute approximate surface area is 106 Å². The molecule has 0 N–H and O–H groups in total. The Morgan fingerprint density at radius 1 is 1.38 bits per heavy atom. The zero-order chi connectivity index (χ0) is 11.4. The van der Waals surface area contributed by atoms with Gasteiger partial charge in [-0.1, -0.05) is 5.57 Å². The summed E-state index contributed by atoms with van der Waals surface area (Å²) in [5.41, 5.74) is 1.28. The fourth-order valence-corrected chi connectivity index (χ4v) is 5.46. The first-order chi connectivity index (χ1) is 7.74. The van der Waals surface area contributed by atoms with Crippen LogP contribution in [-0.2, 0) is 9.53 Å². The summed E-state index contributed by atoms with van der Waals surface area (Å²) in [6.07, 6.45) is 6.28. The summed E-state index contributed by atoms with van der Waals surface area (Å²) in [5.74, 6) is 2.42. The maximum atomic E-state index is 11.3. The van der Waals surface area contributed by atoms with E-state index in [-0.39, 0.29) is 5.97 Å². The molecule has 0 aromatic carbocycles. The van der Waals surface area contributed by atoms with E-state index < -0.39 is 0 Å². The molecule has 90 valence electrons. The van der Waals surface area contributed by atoms with Gasteiger partial charge in [-0.25, -0.2) is 4.79 Å². The lowest BCUT2D eigenvalue weighted by atomic mass is 9.93. The van der Waals surface area contributed by atoms with Crippen molar-refractivity contribution in [2.45, 2.75) is 36.7 Å². The first-order valence-electron chi connectivity index (χ1n) is 5.88. The molecule has 2 fully saturated rings. The SMILES string of the molecule is CCOC(=O)C=C1CCC2(CC1)SCCS2. The summed E-state index contributed by atoms with van der Waals surface area (Å²) in [6, 6.07) is 0. The Bertz CT molecular complexity index is 281. The van der Waals surface area contributed by atoms with Crippen LogP contribution in [0.1, 0.15) is 32.6 Å². The van der Waals surface area contributed by atoms with Gasteiger partial charge in [-0.15, -0.1) is 23.5 Å². The molecule has 4 heteroatoms. The molecule has 0 bridgehead atoms. The third kappa shape index (κ3) is 2.98. The molecule has 0 aromatic heterocycles. The van der Waals surface area contributed by atoms with E-state index in [9.17, 15) is 4.79 Å². The zero-order valence-corrected chi connectivity index (χ0v) is 11.3. The number of ether oxygens (including phenoxy) is 1. The van der Waals surface area contributed by atoms with E-state index in [4.69, 9.17) is 4.74 Å². The largest absolute Gasteiger partial charge is 0.463 e. The van der Waals surface area contributed by atoms with E-state index in [1.165, 1.54) is 29.9 Å². The molecular formula is C12H18O2S2. The van der Waals surface area contributed by atoms with Crippen LogP contribution in [0.15, 0.2) is 11.6 Å². The second-order valence-corrected chi connectivity index (χ2v) is 7.38. The van der Waals surface area contributed by atoms with Gasteiger partial charge in [-0.2, -0.15) is 0 Å². The van der Waals surface area contributed by atoms with E-state index in [1.54, 1.807) is 6.08 Å². The van der Waals surface area contributed by atoms with Crippen LogP contribution < -0.4 is 0 Å². The van der Waals surface area contributed by atoms with Crippen molar-refractivity contribution >= 4 is 29.5 Å². The predicted molar refractivity (Wildman–Crippen MR) is 70.8 cm³/mol. The molecule has 0 unspecified atom stereocenters. The highest BCUT2D eigenvalue weighted by atomic mass is 32.2. The molecule has 0 amide bonds. The summed E-state index contributed by atoms with van der Waals surface area (Å²) >= 11 is 4.23. The van der Waals surface area contributed by atoms with Crippen molar-refractivity contribution in [1.29, 1.82) is 0 Å². The zero-order valence-electron chi connectivity index (χ0n) is 9.66. The number of hydrogen-bond donors (Lipinski definition) is 0. The van der Waals surface area contributed by atoms with Gasteiger partial charge in [0.25, 0.3) is 0 Å². The van der Waals surface area contributed by atoms with Gasteiger partial charge in [-0.05, 0) is 32.6 Å². The van der Waals surface area contributed by atoms with Crippen molar-refractivity contribution in [2.75, 3.05) is 18.1 Å². The highest BCUT2D eigenvalue weighted by Gasteiger charge is 2.37. The Balaban J connectivity index is 1.87. The Hall–Kier alpha value is -0.0900. The van der Waals surface area contributed by atoms with Crippen LogP contribution in [0.25, 0.3) is 0 Å². The van der Waals surface area contributed by atoms with Crippen LogP contribution in [0.3, 0.4) is 0 Å². The number of carbonyl (C=O) groups excluding carboxylic acids is 1. The molecule has 1 spiro atoms. The van der Waals surface area contributed by atoms with Crippen LogP contribution in [0.4, 0.5) is 0 Å². The minimum absolute atomic E-state index is 0.167. The topological polar surface area (TPSA) is 26.3 Å². The van der Waals surface area contributed by atoms with Crippen LogP contribution in [0.5, 0.6) is 0 Å². The van der Waals surface area contributed by atoms with Crippen molar-refractivity contribution in [3.63, 3.8) is 0 Å². The third-order valence-electron chi connectivity index (χ3n) is 3.08. The quantitative estimate of drug-likeness (QED) is 0.561. The third-order valence-corrected chi connectivity index (χ3v) is 6.73. The van der Waals surface area contributed by atoms with E-state index in [0.29, 0.717) is 10.7 Å². The smallest absolute Gasteiger partial charge is 0.330 e. The van der Waals surface area contributed by atoms with Crippen LogP contribution in [0, 0.1) is 0 Å². The summed E-state index contributed by atoms with van der Waals surface area (Å²) in [4.78, 5) is 11.3. The van der Waals surface area contributed by atoms with Crippen LogP contribution in [0.2, 0.25) is 0 Å². The number of thioether (sulfide) groups is 2. The fourth-order valence-electron chi connectivity index (χ4n) is 2.23. The van der Waals surface area contributed by atoms with Gasteiger partial charge >= 0.3 is 5.97 Å². The van der Waals surface area contributed by atoms with E-state index in [1.807, 2.05) is 6.92 Å². The van der Waals surface area contributed by atoms with Crippen molar-refractivity contribution in [3.05, 3.63) is 11.6 Å². The molecule has 0 radical (unpaired) electrons. The summed E-state index contributed by atoms with van der Waals surface area (Å²) in [5, 5.41) is 0. The molecular weight excluding hydrogens is 240 g/mol. The summed E-state index contributed by atoms with van der Waals surface area (Å²) in [7, 11) is 0. The molecule has 1 aliphatic carbocycles. The second-order valence-electron chi connectivity index (χ2n) is 4.16. The first kappa shape index (κ1) is 12.4. The predicted octanol–water partition coefficient (Wildman–Crippen LogP) is 3.23. The highest BCUT2D eigenvalue weighted by molar-refractivity contribution is 8.21. The molecule has 1 heterocycles. The van der Waals surface area contributed by atoms with Gasteiger partial charge in [0.1, 0.15) is 0 Å². The van der Waals surface area contributed by atoms with Gasteiger partial charge in [0.05, 0.1) is 10.7 Å². The number of rotatable bonds is 2. The van der Waals surface area contributed by atoms with Crippen molar-refractivity contribution < 1.29 is 9.53 Å². The van der Waals surface area contributed by atoms with Crippen molar-refractivity contribution in [1.82, 2.24) is 0 Å². The molecule has 1 saturated heterocycles. The Morgan fingerprint density at radius 2 is 2.00 bits per heavy atom. The summed E-state index contributed by atoms with van der Waals surface area (Å²) in [6.45, 7) is 2.32. The molecule has 2 aliphatic rings. The number of hydrogen-bond acceptors (Lipinski definition) is 4. The maximum absolute atomic E-state index is 11.3. The lowest BCUT2D eigenvalue weighted by Crippen LogP contribution is -2.22. The average molecular weight is 258 g/mol. The van der Waals surface area contributed by atoms with Crippen LogP contribution >= 0.6 is 23.5 Å². The second kappa shape index (κ2) is 5.50. The molecule has 1 saturated carbocycles. The van der Waals surface area contributed by atoms with E-state index in [2.05, 4.69) is 23.5 Å². The van der Waals surface area contributed by atoms with Crippen molar-refractivity contribution in [3.8, 4) is 0 Å². The Kier molecular flexibility index (Phi) is 4.25. The lowest BCUT2D eigenvalue weighted by molar-refractivity contribution is -0.137. The molecule has 2 nitrogen and oxygen atoms in total. The molecule has 0 atom stereocenters. The van der Waals surface area contributed by atoms with E-state index >= 15 is 0 Å². The Morgan fingerprint density at radius 3 is 2.56 bits per heavy atom. The molecule has 2 rings (SSSR count). The van der Waals surface area contributed by atoms with Gasteiger partial charge in [0.2, 0.25) is 0 Å². The van der Waals surface area contributed by atoms with Crippen LogP contribution in [-0.4, -0.2) is 28.2 Å². The average Bonchev–Trinajstić information content (AvgIpc) is 2.71. The van der Waals surface area contributed by atoms with Gasteiger partial charge in [0, 0.05) is 17.6 Å². The number of carbonyl (C=O) groups is 1. The number of allylic oxidation sites excluding steroid dienone is 1. The van der Waals surface area contributed by atoms with E-state index in [0.717, 1.165) is 12.8 Å². The standard InChI is InChI=1S/C12H18O2S2/c1-2-14-11(13)9-10-3-5-12(6-4-10)15-7-8-16-12/h9H,2-8H2,1H3. The molecule has 16 heavy (non-hydrogen) atoms. The number of esters is 1. The highest BCUT2D eigenvalue weighted by Crippen LogP contribution is 2.53. The minimum Gasteiger partial charge on any atom is -0.463 e. The normalized spacial score (nSPS) is 23.4. The summed E-state index contributed by atoms with van der Waals surface area (Å²) < 4.78 is 5.41.